The van der Waals surface area contributed by atoms with Crippen molar-refractivity contribution in [3.63, 3.8) is 0 Å². The van der Waals surface area contributed by atoms with Crippen molar-refractivity contribution in [3.8, 4) is 5.75 Å². The Balaban J connectivity index is 2.13. The molecule has 1 aliphatic carbocycles. The summed E-state index contributed by atoms with van der Waals surface area (Å²) in [7, 11) is 0. The van der Waals surface area contributed by atoms with E-state index in [1.54, 1.807) is 12.1 Å². The normalized spacial score (nSPS) is 17.9. The van der Waals surface area contributed by atoms with E-state index in [-0.39, 0.29) is 11.4 Å². The van der Waals surface area contributed by atoms with Gasteiger partial charge in [0.2, 0.25) is 0 Å². The summed E-state index contributed by atoms with van der Waals surface area (Å²) in [4.78, 5) is 0. The number of benzene rings is 1. The van der Waals surface area contributed by atoms with E-state index in [0.717, 1.165) is 30.2 Å². The molecule has 0 aromatic heterocycles. The van der Waals surface area contributed by atoms with Gasteiger partial charge in [0.05, 0.1) is 0 Å². The molecule has 0 unspecified atom stereocenters. The van der Waals surface area contributed by atoms with E-state index in [1.165, 1.54) is 6.07 Å². The van der Waals surface area contributed by atoms with Gasteiger partial charge in [0, 0.05) is 4.47 Å². The quantitative estimate of drug-likeness (QED) is 0.923. The lowest BCUT2D eigenvalue weighted by Gasteiger charge is -2.41. The molecule has 16 heavy (non-hydrogen) atoms. The first-order valence-electron chi connectivity index (χ1n) is 5.49. The second-order valence-corrected chi connectivity index (χ2v) is 5.17. The molecule has 0 spiro atoms. The van der Waals surface area contributed by atoms with Gasteiger partial charge in [0.25, 0.3) is 0 Å². The van der Waals surface area contributed by atoms with Crippen LogP contribution in [0.4, 0.5) is 4.39 Å². The van der Waals surface area contributed by atoms with Crippen LogP contribution in [0.3, 0.4) is 0 Å². The summed E-state index contributed by atoms with van der Waals surface area (Å²) in [6.07, 6.45) is 3.88. The number of nitrogens with two attached hydrogens (primary N) is 1. The highest BCUT2D eigenvalue weighted by Crippen LogP contribution is 2.40. The van der Waals surface area contributed by atoms with E-state index in [4.69, 9.17) is 10.5 Å². The van der Waals surface area contributed by atoms with Crippen LogP contribution in [0.15, 0.2) is 22.7 Å². The predicted octanol–water partition coefficient (Wildman–Crippen LogP) is 3.24. The Hall–Kier alpha value is -0.610. The summed E-state index contributed by atoms with van der Waals surface area (Å²) in [5.41, 5.74) is 5.34. The molecule has 88 valence electrons. The molecule has 0 atom stereocenters. The minimum absolute atomic E-state index is 0.219. The Kier molecular flexibility index (Phi) is 3.50. The van der Waals surface area contributed by atoms with Crippen molar-refractivity contribution in [2.24, 2.45) is 5.73 Å². The van der Waals surface area contributed by atoms with Crippen LogP contribution in [0.5, 0.6) is 5.75 Å². The molecule has 2 nitrogen and oxygen atoms in total. The second kappa shape index (κ2) is 4.72. The van der Waals surface area contributed by atoms with Gasteiger partial charge in [0.15, 0.2) is 11.6 Å². The monoisotopic (exact) mass is 287 g/mol. The largest absolute Gasteiger partial charge is 0.484 e. The van der Waals surface area contributed by atoms with Crippen molar-refractivity contribution < 1.29 is 9.13 Å². The summed E-state index contributed by atoms with van der Waals surface area (Å²) in [6.45, 7) is 0.581. The van der Waals surface area contributed by atoms with E-state index in [0.29, 0.717) is 12.3 Å². The third-order valence-electron chi connectivity index (χ3n) is 3.09. The fraction of sp³-hybridized carbons (Fsp3) is 0.500. The molecule has 2 rings (SSSR count). The highest BCUT2D eigenvalue weighted by molar-refractivity contribution is 9.10. The topological polar surface area (TPSA) is 35.2 Å². The SMILES string of the molecule is NCCC1(Oc2ccc(Br)cc2F)CCC1. The van der Waals surface area contributed by atoms with Crippen LogP contribution in [-0.2, 0) is 0 Å². The zero-order chi connectivity index (χ0) is 11.6. The van der Waals surface area contributed by atoms with Crippen molar-refractivity contribution in [2.75, 3.05) is 6.54 Å². The van der Waals surface area contributed by atoms with E-state index in [1.807, 2.05) is 0 Å². The maximum absolute atomic E-state index is 13.6. The Morgan fingerprint density at radius 1 is 1.44 bits per heavy atom. The minimum Gasteiger partial charge on any atom is -0.484 e. The van der Waals surface area contributed by atoms with Crippen molar-refractivity contribution >= 4 is 15.9 Å². The molecule has 2 N–H and O–H groups in total. The minimum atomic E-state index is -0.322. The number of hydrogen-bond acceptors (Lipinski definition) is 2. The van der Waals surface area contributed by atoms with Crippen LogP contribution in [0.1, 0.15) is 25.7 Å². The predicted molar refractivity (Wildman–Crippen MR) is 65.0 cm³/mol. The zero-order valence-electron chi connectivity index (χ0n) is 9.01. The van der Waals surface area contributed by atoms with Crippen molar-refractivity contribution in [3.05, 3.63) is 28.5 Å². The molecule has 1 aromatic rings. The summed E-state index contributed by atoms with van der Waals surface area (Å²) >= 11 is 3.22. The first-order chi connectivity index (χ1) is 7.65. The van der Waals surface area contributed by atoms with Crippen LogP contribution < -0.4 is 10.5 Å². The summed E-state index contributed by atoms with van der Waals surface area (Å²) in [6, 6.07) is 4.87. The van der Waals surface area contributed by atoms with E-state index < -0.39 is 0 Å². The Morgan fingerprint density at radius 3 is 2.69 bits per heavy atom. The van der Waals surface area contributed by atoms with Gasteiger partial charge < -0.3 is 10.5 Å². The fourth-order valence-corrected chi connectivity index (χ4v) is 2.36. The van der Waals surface area contributed by atoms with Crippen LogP contribution >= 0.6 is 15.9 Å². The van der Waals surface area contributed by atoms with Gasteiger partial charge in [-0.1, -0.05) is 15.9 Å². The molecule has 0 saturated heterocycles. The summed E-state index contributed by atoms with van der Waals surface area (Å²) < 4.78 is 20.1. The molecule has 1 fully saturated rings. The molecule has 0 bridgehead atoms. The van der Waals surface area contributed by atoms with Crippen molar-refractivity contribution in [1.29, 1.82) is 0 Å². The fourth-order valence-electron chi connectivity index (χ4n) is 2.03. The first kappa shape index (κ1) is 11.9. The molecular formula is C12H15BrFNO. The van der Waals surface area contributed by atoms with Crippen LogP contribution in [0.2, 0.25) is 0 Å². The molecule has 0 aliphatic heterocycles. The number of hydrogen-bond donors (Lipinski definition) is 1. The van der Waals surface area contributed by atoms with Crippen LogP contribution in [-0.4, -0.2) is 12.1 Å². The average Bonchev–Trinajstić information content (AvgIpc) is 2.18. The standard InChI is InChI=1S/C12H15BrFNO/c13-9-2-3-11(10(14)8-9)16-12(6-7-15)4-1-5-12/h2-3,8H,1,4-7,15H2. The molecule has 4 heteroatoms. The van der Waals surface area contributed by atoms with Gasteiger partial charge >= 0.3 is 0 Å². The van der Waals surface area contributed by atoms with E-state index in [9.17, 15) is 4.39 Å². The molecule has 0 heterocycles. The molecule has 0 radical (unpaired) electrons. The van der Waals surface area contributed by atoms with Crippen molar-refractivity contribution in [1.82, 2.24) is 0 Å². The summed E-state index contributed by atoms with van der Waals surface area (Å²) in [5, 5.41) is 0. The maximum Gasteiger partial charge on any atom is 0.166 e. The van der Waals surface area contributed by atoms with Gasteiger partial charge in [-0.3, -0.25) is 0 Å². The maximum atomic E-state index is 13.6. The smallest absolute Gasteiger partial charge is 0.166 e. The van der Waals surface area contributed by atoms with Gasteiger partial charge in [0.1, 0.15) is 5.60 Å². The van der Waals surface area contributed by atoms with E-state index >= 15 is 0 Å². The zero-order valence-corrected chi connectivity index (χ0v) is 10.6. The van der Waals surface area contributed by atoms with Gasteiger partial charge in [-0.25, -0.2) is 4.39 Å². The third kappa shape index (κ3) is 2.38. The Bertz CT molecular complexity index is 379. The lowest BCUT2D eigenvalue weighted by Crippen LogP contribution is -2.44. The van der Waals surface area contributed by atoms with Crippen LogP contribution in [0, 0.1) is 5.82 Å². The van der Waals surface area contributed by atoms with Gasteiger partial charge in [-0.05, 0) is 50.4 Å². The molecule has 1 saturated carbocycles. The molecule has 1 aliphatic rings. The van der Waals surface area contributed by atoms with E-state index in [2.05, 4.69) is 15.9 Å². The second-order valence-electron chi connectivity index (χ2n) is 4.25. The Labute approximate surface area is 103 Å². The number of halogens is 2. The Morgan fingerprint density at radius 2 is 2.19 bits per heavy atom. The third-order valence-corrected chi connectivity index (χ3v) is 3.58. The average molecular weight is 288 g/mol. The first-order valence-corrected chi connectivity index (χ1v) is 6.29. The lowest BCUT2D eigenvalue weighted by molar-refractivity contribution is -0.0154. The highest BCUT2D eigenvalue weighted by atomic mass is 79.9. The lowest BCUT2D eigenvalue weighted by atomic mass is 9.77. The molecular weight excluding hydrogens is 273 g/mol. The number of ether oxygens (including phenoxy) is 1. The molecule has 1 aromatic carbocycles. The summed E-state index contributed by atoms with van der Waals surface area (Å²) in [5.74, 6) is 0.00835. The highest BCUT2D eigenvalue weighted by Gasteiger charge is 2.39. The van der Waals surface area contributed by atoms with Crippen LogP contribution in [0.25, 0.3) is 0 Å². The molecule has 0 amide bonds. The van der Waals surface area contributed by atoms with Gasteiger partial charge in [-0.2, -0.15) is 0 Å². The van der Waals surface area contributed by atoms with Crippen molar-refractivity contribution in [2.45, 2.75) is 31.3 Å². The number of rotatable bonds is 4. The van der Waals surface area contributed by atoms with Gasteiger partial charge in [-0.15, -0.1) is 0 Å².